The van der Waals surface area contributed by atoms with Crippen LogP contribution in [-0.2, 0) is 9.53 Å². The molecule has 4 aromatic rings. The first-order valence-corrected chi connectivity index (χ1v) is 13.9. The summed E-state index contributed by atoms with van der Waals surface area (Å²) in [7, 11) is 0. The van der Waals surface area contributed by atoms with Gasteiger partial charge in [0.25, 0.3) is 5.56 Å². The highest BCUT2D eigenvalue weighted by Gasteiger charge is 2.34. The molecule has 10 heteroatoms. The lowest BCUT2D eigenvalue weighted by atomic mass is 9.95. The Balaban J connectivity index is 1.48. The van der Waals surface area contributed by atoms with Crippen LogP contribution in [0.2, 0.25) is 0 Å². The monoisotopic (exact) mass is 606 g/mol. The third kappa shape index (κ3) is 4.53. The van der Waals surface area contributed by atoms with Crippen LogP contribution in [0, 0.1) is 6.92 Å². The number of halogens is 1. The first kappa shape index (κ1) is 25.4. The van der Waals surface area contributed by atoms with Crippen molar-refractivity contribution in [2.45, 2.75) is 26.8 Å². The zero-order chi connectivity index (χ0) is 27.3. The fourth-order valence-corrected chi connectivity index (χ4v) is 6.43. The van der Waals surface area contributed by atoms with Gasteiger partial charge < -0.3 is 18.6 Å². The van der Waals surface area contributed by atoms with Gasteiger partial charge in [0.1, 0.15) is 11.5 Å². The first-order valence-electron chi connectivity index (χ1n) is 12.3. The number of ether oxygens (including phenoxy) is 3. The van der Waals surface area contributed by atoms with Crippen LogP contribution in [0.4, 0.5) is 0 Å². The number of nitrogens with zero attached hydrogens (tertiary/aromatic N) is 2. The maximum atomic E-state index is 13.8. The minimum absolute atomic E-state index is 0.117. The van der Waals surface area contributed by atoms with Crippen molar-refractivity contribution in [1.29, 1.82) is 0 Å². The van der Waals surface area contributed by atoms with Crippen molar-refractivity contribution in [3.63, 3.8) is 0 Å². The van der Waals surface area contributed by atoms with Crippen molar-refractivity contribution < 1.29 is 23.4 Å². The molecule has 0 bridgehead atoms. The van der Waals surface area contributed by atoms with Crippen LogP contribution in [0.25, 0.3) is 17.4 Å². The van der Waals surface area contributed by atoms with Gasteiger partial charge in [-0.1, -0.05) is 39.4 Å². The van der Waals surface area contributed by atoms with Gasteiger partial charge in [0, 0.05) is 16.1 Å². The average Bonchev–Trinajstić information content (AvgIpc) is 3.63. The molecular weight excluding hydrogens is 584 g/mol. The molecule has 2 aromatic heterocycles. The van der Waals surface area contributed by atoms with E-state index in [-0.39, 0.29) is 19.0 Å². The number of thiazole rings is 1. The highest BCUT2D eigenvalue weighted by Crippen LogP contribution is 2.38. The van der Waals surface area contributed by atoms with Crippen LogP contribution >= 0.6 is 27.3 Å². The highest BCUT2D eigenvalue weighted by atomic mass is 79.9. The molecular formula is C29H23BrN2O6S. The fourth-order valence-electron chi connectivity index (χ4n) is 4.71. The normalized spacial score (nSPS) is 16.3. The fraction of sp³-hybridized carbons (Fsp3) is 0.207. The van der Waals surface area contributed by atoms with Crippen LogP contribution in [-0.4, -0.2) is 23.9 Å². The number of esters is 1. The quantitative estimate of drug-likeness (QED) is 0.301. The van der Waals surface area contributed by atoms with E-state index in [1.54, 1.807) is 32.1 Å². The van der Waals surface area contributed by atoms with E-state index >= 15 is 0 Å². The van der Waals surface area contributed by atoms with Gasteiger partial charge in [-0.15, -0.1) is 0 Å². The molecule has 198 valence electrons. The minimum atomic E-state index is -0.743. The largest absolute Gasteiger partial charge is 0.463 e. The molecule has 8 nitrogen and oxygen atoms in total. The van der Waals surface area contributed by atoms with Crippen molar-refractivity contribution in [3.05, 3.63) is 101 Å². The second kappa shape index (κ2) is 10.0. The molecule has 1 atom stereocenters. The Bertz CT molecular complexity index is 1850. The summed E-state index contributed by atoms with van der Waals surface area (Å²) >= 11 is 4.84. The number of aromatic nitrogens is 1. The Morgan fingerprint density at radius 1 is 1.15 bits per heavy atom. The number of hydrogen-bond donors (Lipinski definition) is 0. The summed E-state index contributed by atoms with van der Waals surface area (Å²) in [4.78, 5) is 32.0. The number of carbonyl (C=O) groups is 1. The lowest BCUT2D eigenvalue weighted by Gasteiger charge is -2.24. The maximum absolute atomic E-state index is 13.8. The van der Waals surface area contributed by atoms with Gasteiger partial charge >= 0.3 is 5.97 Å². The number of rotatable bonds is 5. The standard InChI is InChI=1S/C29H23BrN2O6S/c1-4-35-28(34)25-16(3)31-29-32(26(25)17-6-9-22-23(12-17)37-14-36-22)27(33)24(39-29)13-18-7-10-21(38-18)19-8-5-15(2)11-20(19)30/h5-13,26H,4,14H2,1-3H3/b24-13+. The van der Waals surface area contributed by atoms with Crippen LogP contribution in [0.1, 0.15) is 36.8 Å². The number of hydrogen-bond acceptors (Lipinski definition) is 8. The van der Waals surface area contributed by atoms with Gasteiger partial charge in [0.15, 0.2) is 16.3 Å². The molecule has 0 radical (unpaired) electrons. The number of furan rings is 1. The second-order valence-electron chi connectivity index (χ2n) is 9.10. The van der Waals surface area contributed by atoms with E-state index in [1.165, 1.54) is 15.9 Å². The Labute approximate surface area is 235 Å². The van der Waals surface area contributed by atoms with E-state index in [1.807, 2.05) is 43.3 Å². The summed E-state index contributed by atoms with van der Waals surface area (Å²) in [6.45, 7) is 5.83. The van der Waals surface area contributed by atoms with Gasteiger partial charge in [-0.25, -0.2) is 9.79 Å². The van der Waals surface area contributed by atoms with Gasteiger partial charge in [0.2, 0.25) is 6.79 Å². The maximum Gasteiger partial charge on any atom is 0.338 e. The average molecular weight is 607 g/mol. The Morgan fingerprint density at radius 2 is 1.97 bits per heavy atom. The smallest absolute Gasteiger partial charge is 0.338 e. The van der Waals surface area contributed by atoms with Crippen molar-refractivity contribution in [2.24, 2.45) is 4.99 Å². The number of allylic oxidation sites excluding steroid dienone is 1. The summed E-state index contributed by atoms with van der Waals surface area (Å²) in [5, 5.41) is 0. The van der Waals surface area contributed by atoms with E-state index in [4.69, 9.17) is 18.6 Å². The van der Waals surface area contributed by atoms with Crippen molar-refractivity contribution >= 4 is 39.3 Å². The predicted octanol–water partition coefficient (Wildman–Crippen LogP) is 4.86. The van der Waals surface area contributed by atoms with Gasteiger partial charge in [0.05, 0.1) is 28.5 Å². The molecule has 4 heterocycles. The van der Waals surface area contributed by atoms with Gasteiger partial charge in [-0.2, -0.15) is 0 Å². The Hall–Kier alpha value is -3.89. The number of aryl methyl sites for hydroxylation is 1. The molecule has 0 aliphatic carbocycles. The molecule has 1 unspecified atom stereocenters. The molecule has 6 rings (SSSR count). The van der Waals surface area contributed by atoms with E-state index < -0.39 is 12.0 Å². The molecule has 0 saturated carbocycles. The van der Waals surface area contributed by atoms with Crippen molar-refractivity contribution in [2.75, 3.05) is 13.4 Å². The van der Waals surface area contributed by atoms with Crippen molar-refractivity contribution in [1.82, 2.24) is 4.57 Å². The lowest BCUT2D eigenvalue weighted by molar-refractivity contribution is -0.139. The third-order valence-electron chi connectivity index (χ3n) is 6.52. The molecule has 0 saturated heterocycles. The van der Waals surface area contributed by atoms with Crippen LogP contribution in [0.15, 0.2) is 78.5 Å². The Morgan fingerprint density at radius 3 is 2.77 bits per heavy atom. The predicted molar refractivity (Wildman–Crippen MR) is 150 cm³/mol. The minimum Gasteiger partial charge on any atom is -0.463 e. The Kier molecular flexibility index (Phi) is 6.52. The molecule has 39 heavy (non-hydrogen) atoms. The number of carbonyl (C=O) groups excluding carboxylic acids is 1. The zero-order valence-corrected chi connectivity index (χ0v) is 23.7. The first-order chi connectivity index (χ1) is 18.8. The SMILES string of the molecule is CCOC(=O)C1=C(C)N=c2s/c(=C/c3ccc(-c4ccc(C)cc4Br)o3)c(=O)n2C1c1ccc2c(c1)OCO2. The van der Waals surface area contributed by atoms with Crippen LogP contribution < -0.4 is 24.4 Å². The highest BCUT2D eigenvalue weighted by molar-refractivity contribution is 9.10. The van der Waals surface area contributed by atoms with E-state index in [9.17, 15) is 9.59 Å². The summed E-state index contributed by atoms with van der Waals surface area (Å²) < 4.78 is 25.4. The van der Waals surface area contributed by atoms with Gasteiger partial charge in [-0.3, -0.25) is 9.36 Å². The van der Waals surface area contributed by atoms with Gasteiger partial charge in [-0.05, 0) is 68.3 Å². The molecule has 0 N–H and O–H groups in total. The number of fused-ring (bicyclic) bond motifs is 2. The third-order valence-corrected chi connectivity index (χ3v) is 8.16. The lowest BCUT2D eigenvalue weighted by Crippen LogP contribution is -2.39. The van der Waals surface area contributed by atoms with E-state index in [0.29, 0.717) is 49.2 Å². The molecule has 2 aliphatic heterocycles. The molecule has 0 spiro atoms. The molecule has 2 aliphatic rings. The zero-order valence-electron chi connectivity index (χ0n) is 21.3. The number of benzene rings is 2. The van der Waals surface area contributed by atoms with E-state index in [0.717, 1.165) is 15.6 Å². The molecule has 0 amide bonds. The van der Waals surface area contributed by atoms with Crippen molar-refractivity contribution in [3.8, 4) is 22.8 Å². The van der Waals surface area contributed by atoms with Crippen LogP contribution in [0.3, 0.4) is 0 Å². The second-order valence-corrected chi connectivity index (χ2v) is 11.0. The van der Waals surface area contributed by atoms with E-state index in [2.05, 4.69) is 20.9 Å². The summed E-state index contributed by atoms with van der Waals surface area (Å²) in [5.74, 6) is 1.86. The molecule has 2 aromatic carbocycles. The topological polar surface area (TPSA) is 92.3 Å². The van der Waals surface area contributed by atoms with Crippen LogP contribution in [0.5, 0.6) is 11.5 Å². The summed E-state index contributed by atoms with van der Waals surface area (Å²) in [6, 6.07) is 14.4. The summed E-state index contributed by atoms with van der Waals surface area (Å²) in [6.07, 6.45) is 1.70. The molecule has 0 fully saturated rings. The summed E-state index contributed by atoms with van der Waals surface area (Å²) in [5.41, 5.74) is 3.25.